The number of benzene rings is 1. The van der Waals surface area contributed by atoms with Gasteiger partial charge < -0.3 is 15.7 Å². The van der Waals surface area contributed by atoms with Crippen molar-refractivity contribution in [2.75, 3.05) is 11.4 Å². The number of amides is 1. The third-order valence-corrected chi connectivity index (χ3v) is 2.83. The van der Waals surface area contributed by atoms with Gasteiger partial charge in [-0.1, -0.05) is 0 Å². The number of carbonyl (C=O) groups is 2. The molecule has 0 bridgehead atoms. The summed E-state index contributed by atoms with van der Waals surface area (Å²) in [5, 5.41) is 8.87. The number of nitrogens with two attached hydrogens (primary N) is 1. The number of aliphatic carboxylic acids is 1. The average molecular weight is 252 g/mol. The van der Waals surface area contributed by atoms with Gasteiger partial charge in [0.2, 0.25) is 0 Å². The molecule has 0 unspecified atom stereocenters. The van der Waals surface area contributed by atoms with Crippen LogP contribution in [0.5, 0.6) is 0 Å². The highest BCUT2D eigenvalue weighted by Crippen LogP contribution is 2.33. The standard InChI is InChI=1S/C12H13FN2O3/c13-7-1-4-10(9(5-7)12(14)18)15(6-11(16)17)8-2-3-8/h1,4-5,8H,2-3,6H2,(H2,14,18)(H,16,17). The first-order valence-corrected chi connectivity index (χ1v) is 5.57. The topological polar surface area (TPSA) is 83.6 Å². The summed E-state index contributed by atoms with van der Waals surface area (Å²) in [6.07, 6.45) is 1.73. The molecular weight excluding hydrogens is 239 g/mol. The van der Waals surface area contributed by atoms with Crippen LogP contribution in [0.25, 0.3) is 0 Å². The molecule has 0 saturated heterocycles. The second-order valence-corrected chi connectivity index (χ2v) is 4.28. The molecule has 1 aromatic carbocycles. The molecule has 0 aromatic heterocycles. The lowest BCUT2D eigenvalue weighted by atomic mass is 10.1. The Hall–Kier alpha value is -2.11. The molecule has 2 rings (SSSR count). The van der Waals surface area contributed by atoms with E-state index in [1.165, 1.54) is 12.1 Å². The highest BCUT2D eigenvalue weighted by molar-refractivity contribution is 5.99. The van der Waals surface area contributed by atoms with Gasteiger partial charge in [-0.25, -0.2) is 4.39 Å². The molecule has 1 fully saturated rings. The Morgan fingerprint density at radius 2 is 2.11 bits per heavy atom. The number of carbonyl (C=O) groups excluding carboxylic acids is 1. The van der Waals surface area contributed by atoms with E-state index in [4.69, 9.17) is 10.8 Å². The van der Waals surface area contributed by atoms with Crippen LogP contribution in [0.3, 0.4) is 0 Å². The predicted molar refractivity (Wildman–Crippen MR) is 62.9 cm³/mol. The molecular formula is C12H13FN2O3. The normalized spacial score (nSPS) is 14.3. The molecule has 6 heteroatoms. The van der Waals surface area contributed by atoms with Crippen molar-refractivity contribution in [1.82, 2.24) is 0 Å². The van der Waals surface area contributed by atoms with Gasteiger partial charge in [-0.05, 0) is 31.0 Å². The molecule has 3 N–H and O–H groups in total. The third-order valence-electron chi connectivity index (χ3n) is 2.83. The van der Waals surface area contributed by atoms with E-state index in [-0.39, 0.29) is 18.2 Å². The van der Waals surface area contributed by atoms with Crippen LogP contribution in [0.4, 0.5) is 10.1 Å². The maximum Gasteiger partial charge on any atom is 0.323 e. The van der Waals surface area contributed by atoms with E-state index in [0.29, 0.717) is 5.69 Å². The van der Waals surface area contributed by atoms with Crippen LogP contribution in [-0.4, -0.2) is 29.6 Å². The summed E-state index contributed by atoms with van der Waals surface area (Å²) in [7, 11) is 0. The third kappa shape index (κ3) is 2.58. The van der Waals surface area contributed by atoms with Crippen LogP contribution >= 0.6 is 0 Å². The molecule has 0 spiro atoms. The zero-order valence-electron chi connectivity index (χ0n) is 9.60. The molecule has 0 aliphatic heterocycles. The number of hydrogen-bond donors (Lipinski definition) is 2. The molecule has 0 heterocycles. The van der Waals surface area contributed by atoms with Gasteiger partial charge in [-0.2, -0.15) is 0 Å². The molecule has 18 heavy (non-hydrogen) atoms. The minimum atomic E-state index is -0.998. The first-order chi connectivity index (χ1) is 8.49. The van der Waals surface area contributed by atoms with Crippen LogP contribution in [0.1, 0.15) is 23.2 Å². The summed E-state index contributed by atoms with van der Waals surface area (Å²) < 4.78 is 13.1. The van der Waals surface area contributed by atoms with Crippen LogP contribution in [0.15, 0.2) is 18.2 Å². The van der Waals surface area contributed by atoms with E-state index in [1.807, 2.05) is 0 Å². The minimum Gasteiger partial charge on any atom is -0.480 e. The van der Waals surface area contributed by atoms with Crippen molar-refractivity contribution >= 4 is 17.6 Å². The lowest BCUT2D eigenvalue weighted by Crippen LogP contribution is -2.33. The van der Waals surface area contributed by atoms with E-state index in [1.54, 1.807) is 4.90 Å². The van der Waals surface area contributed by atoms with Gasteiger partial charge in [0, 0.05) is 6.04 Å². The minimum absolute atomic E-state index is 0.0168. The Labute approximate surface area is 103 Å². The van der Waals surface area contributed by atoms with Gasteiger partial charge in [0.1, 0.15) is 12.4 Å². The first-order valence-electron chi connectivity index (χ1n) is 5.57. The molecule has 1 aliphatic rings. The largest absolute Gasteiger partial charge is 0.480 e. The molecule has 1 saturated carbocycles. The Balaban J connectivity index is 2.40. The molecule has 1 aromatic rings. The molecule has 0 radical (unpaired) electrons. The summed E-state index contributed by atoms with van der Waals surface area (Å²) in [5.41, 5.74) is 5.59. The Bertz CT molecular complexity index is 500. The molecule has 0 atom stereocenters. The maximum absolute atomic E-state index is 13.1. The average Bonchev–Trinajstić information content (AvgIpc) is 3.09. The summed E-state index contributed by atoms with van der Waals surface area (Å²) in [6, 6.07) is 3.72. The van der Waals surface area contributed by atoms with Gasteiger partial charge >= 0.3 is 5.97 Å². The molecule has 96 valence electrons. The lowest BCUT2D eigenvalue weighted by Gasteiger charge is -2.24. The Morgan fingerprint density at radius 3 is 2.61 bits per heavy atom. The Morgan fingerprint density at radius 1 is 1.44 bits per heavy atom. The van der Waals surface area contributed by atoms with E-state index in [9.17, 15) is 14.0 Å². The predicted octanol–water partition coefficient (Wildman–Crippen LogP) is 0.978. The van der Waals surface area contributed by atoms with Crippen molar-refractivity contribution < 1.29 is 19.1 Å². The van der Waals surface area contributed by atoms with Crippen LogP contribution in [-0.2, 0) is 4.79 Å². The summed E-state index contributed by atoms with van der Waals surface area (Å²) in [6.45, 7) is -0.226. The zero-order valence-corrected chi connectivity index (χ0v) is 9.60. The van der Waals surface area contributed by atoms with Crippen molar-refractivity contribution in [1.29, 1.82) is 0 Å². The number of nitrogens with zero attached hydrogens (tertiary/aromatic N) is 1. The smallest absolute Gasteiger partial charge is 0.323 e. The summed E-state index contributed by atoms with van der Waals surface area (Å²) in [4.78, 5) is 23.7. The van der Waals surface area contributed by atoms with Gasteiger partial charge in [-0.3, -0.25) is 9.59 Å². The quantitative estimate of drug-likeness (QED) is 0.818. The van der Waals surface area contributed by atoms with Crippen molar-refractivity contribution in [3.8, 4) is 0 Å². The number of carboxylic acids is 1. The number of hydrogen-bond acceptors (Lipinski definition) is 3. The van der Waals surface area contributed by atoms with Crippen LogP contribution in [0.2, 0.25) is 0 Å². The highest BCUT2D eigenvalue weighted by Gasteiger charge is 2.32. The fraction of sp³-hybridized carbons (Fsp3) is 0.333. The highest BCUT2D eigenvalue weighted by atomic mass is 19.1. The van der Waals surface area contributed by atoms with Gasteiger partial charge in [0.05, 0.1) is 11.3 Å². The number of carboxylic acid groups (broad SMARTS) is 1. The Kier molecular flexibility index (Phi) is 3.18. The van der Waals surface area contributed by atoms with Gasteiger partial charge in [0.15, 0.2) is 0 Å². The molecule has 5 nitrogen and oxygen atoms in total. The number of rotatable bonds is 5. The van der Waals surface area contributed by atoms with Crippen molar-refractivity contribution in [3.05, 3.63) is 29.6 Å². The monoisotopic (exact) mass is 252 g/mol. The molecule has 1 aliphatic carbocycles. The van der Waals surface area contributed by atoms with Gasteiger partial charge in [0.25, 0.3) is 5.91 Å². The number of primary amides is 1. The second kappa shape index (κ2) is 4.64. The van der Waals surface area contributed by atoms with Crippen molar-refractivity contribution in [2.24, 2.45) is 5.73 Å². The SMILES string of the molecule is NC(=O)c1cc(F)ccc1N(CC(=O)O)C1CC1. The van der Waals surface area contributed by atoms with E-state index in [0.717, 1.165) is 18.9 Å². The van der Waals surface area contributed by atoms with E-state index in [2.05, 4.69) is 0 Å². The maximum atomic E-state index is 13.1. The van der Waals surface area contributed by atoms with E-state index < -0.39 is 17.7 Å². The van der Waals surface area contributed by atoms with Crippen LogP contribution in [0, 0.1) is 5.82 Å². The fourth-order valence-corrected chi connectivity index (χ4v) is 1.90. The van der Waals surface area contributed by atoms with Crippen molar-refractivity contribution in [2.45, 2.75) is 18.9 Å². The summed E-state index contributed by atoms with van der Waals surface area (Å²) >= 11 is 0. The zero-order chi connectivity index (χ0) is 13.3. The number of anilines is 1. The second-order valence-electron chi connectivity index (χ2n) is 4.28. The summed E-state index contributed by atoms with van der Waals surface area (Å²) in [5.74, 6) is -2.33. The lowest BCUT2D eigenvalue weighted by molar-refractivity contribution is -0.135. The number of halogens is 1. The first kappa shape index (κ1) is 12.3. The molecule has 1 amide bonds. The van der Waals surface area contributed by atoms with Gasteiger partial charge in [-0.15, -0.1) is 0 Å². The fourth-order valence-electron chi connectivity index (χ4n) is 1.90. The van der Waals surface area contributed by atoms with Crippen molar-refractivity contribution in [3.63, 3.8) is 0 Å². The van der Waals surface area contributed by atoms with Crippen LogP contribution < -0.4 is 10.6 Å². The van der Waals surface area contributed by atoms with E-state index >= 15 is 0 Å².